The second-order valence-electron chi connectivity index (χ2n) is 0. The maximum Gasteiger partial charge on any atom is 0 e. The first-order valence-corrected chi connectivity index (χ1v) is 0. The Morgan fingerprint density at radius 2 is 0.500 bits per heavy atom. The fourth-order valence-corrected chi connectivity index (χ4v) is 0. The van der Waals surface area contributed by atoms with Crippen molar-refractivity contribution in [3.8, 4) is 0 Å². The molecule has 0 bridgehead atoms. The minimum Gasteiger partial charge on any atom is -0.114 e. The third-order valence-electron chi connectivity index (χ3n) is 0. The molecular formula is H3Br3Sc. The molecular weight excluding hydrogens is 285 g/mol. The molecule has 0 aromatic carbocycles. The Balaban J connectivity index is 0. The van der Waals surface area contributed by atoms with E-state index in [-0.39, 0.29) is 76.8 Å². The smallest absolute Gasteiger partial charge is 0 e. The molecule has 0 nitrogen and oxygen atoms in total. The second kappa shape index (κ2) is 18.5. The molecule has 1 radical (unpaired) electrons. The molecule has 27 valence electrons. The minimum absolute atomic E-state index is 0. The minimum atomic E-state index is 0. The fourth-order valence-electron chi connectivity index (χ4n) is 0. The Labute approximate surface area is 75.8 Å². The van der Waals surface area contributed by atoms with Crippen LogP contribution in [0.1, 0.15) is 0 Å². The number of hydrogen-bond donors (Lipinski definition) is 0. The van der Waals surface area contributed by atoms with Gasteiger partial charge in [0.05, 0.1) is 0 Å². The van der Waals surface area contributed by atoms with E-state index in [1.165, 1.54) is 0 Å². The topological polar surface area (TPSA) is 0 Å². The molecule has 0 rings (SSSR count). The molecule has 0 aromatic heterocycles. The van der Waals surface area contributed by atoms with Gasteiger partial charge in [0.15, 0.2) is 0 Å². The van der Waals surface area contributed by atoms with Crippen LogP contribution in [0.4, 0.5) is 0 Å². The van der Waals surface area contributed by atoms with Crippen molar-refractivity contribution in [3.63, 3.8) is 0 Å². The van der Waals surface area contributed by atoms with Crippen LogP contribution in [0, 0.1) is 0 Å². The first kappa shape index (κ1) is 33.3. The molecule has 0 fully saturated rings. The largest absolute Gasteiger partial charge is 0.114 e. The van der Waals surface area contributed by atoms with E-state index in [0.717, 1.165) is 0 Å². The summed E-state index contributed by atoms with van der Waals surface area (Å²) in [6.45, 7) is 0. The van der Waals surface area contributed by atoms with Crippen molar-refractivity contribution in [3.05, 3.63) is 0 Å². The molecule has 0 aliphatic carbocycles. The van der Waals surface area contributed by atoms with Gasteiger partial charge in [-0.2, -0.15) is 0 Å². The van der Waals surface area contributed by atoms with Crippen molar-refractivity contribution in [2.45, 2.75) is 0 Å². The quantitative estimate of drug-likeness (QED) is 0.637. The van der Waals surface area contributed by atoms with Gasteiger partial charge in [-0.25, -0.2) is 0 Å². The van der Waals surface area contributed by atoms with Gasteiger partial charge in [-0.1, -0.05) is 0 Å². The monoisotopic (exact) mass is 285 g/mol. The van der Waals surface area contributed by atoms with Gasteiger partial charge in [-0.3, -0.25) is 0 Å². The van der Waals surface area contributed by atoms with Crippen LogP contribution >= 0.6 is 50.9 Å². The summed E-state index contributed by atoms with van der Waals surface area (Å²) in [6.07, 6.45) is 0. The van der Waals surface area contributed by atoms with Crippen LogP contribution in [0.5, 0.6) is 0 Å². The SMILES string of the molecule is Br.Br.Br.[Sc]. The summed E-state index contributed by atoms with van der Waals surface area (Å²) in [5.41, 5.74) is 0. The van der Waals surface area contributed by atoms with Crippen LogP contribution in [0.2, 0.25) is 0 Å². The van der Waals surface area contributed by atoms with Crippen molar-refractivity contribution < 1.29 is 25.8 Å². The van der Waals surface area contributed by atoms with E-state index in [1.54, 1.807) is 0 Å². The Bertz CT molecular complexity index is 3.25. The molecule has 0 aliphatic rings. The number of hydrogen-bond acceptors (Lipinski definition) is 0. The third kappa shape index (κ3) is 8.85. The van der Waals surface area contributed by atoms with Crippen molar-refractivity contribution >= 4 is 50.9 Å². The van der Waals surface area contributed by atoms with E-state index in [0.29, 0.717) is 0 Å². The fraction of sp³-hybridized carbons (Fsp3) is 0. The van der Waals surface area contributed by atoms with Gasteiger partial charge in [0.1, 0.15) is 0 Å². The third-order valence-corrected chi connectivity index (χ3v) is 0. The van der Waals surface area contributed by atoms with E-state index in [2.05, 4.69) is 0 Å². The maximum absolute atomic E-state index is 0. The van der Waals surface area contributed by atoms with Crippen LogP contribution < -0.4 is 0 Å². The van der Waals surface area contributed by atoms with Crippen LogP contribution in [0.25, 0.3) is 0 Å². The molecule has 0 aliphatic heterocycles. The van der Waals surface area contributed by atoms with E-state index in [1.807, 2.05) is 0 Å². The molecule has 0 amide bonds. The first-order valence-electron chi connectivity index (χ1n) is 0. The van der Waals surface area contributed by atoms with Crippen LogP contribution in [-0.2, 0) is 25.8 Å². The van der Waals surface area contributed by atoms with Crippen LogP contribution in [0.3, 0.4) is 0 Å². The summed E-state index contributed by atoms with van der Waals surface area (Å²) < 4.78 is 0. The first-order chi connectivity index (χ1) is 0. The molecule has 4 heavy (non-hydrogen) atoms. The van der Waals surface area contributed by atoms with Gasteiger partial charge in [-0.05, 0) is 0 Å². The van der Waals surface area contributed by atoms with Crippen molar-refractivity contribution in [1.29, 1.82) is 0 Å². The van der Waals surface area contributed by atoms with E-state index < -0.39 is 0 Å². The molecule has 0 heterocycles. The van der Waals surface area contributed by atoms with Gasteiger partial charge in [0, 0.05) is 25.8 Å². The zero-order valence-corrected chi connectivity index (χ0v) is 8.74. The van der Waals surface area contributed by atoms with Crippen molar-refractivity contribution in [1.82, 2.24) is 0 Å². The molecule has 0 unspecified atom stereocenters. The number of halogens is 3. The average Bonchev–Trinajstić information content (AvgIpc) is 0. The second-order valence-corrected chi connectivity index (χ2v) is 0. The summed E-state index contributed by atoms with van der Waals surface area (Å²) in [6, 6.07) is 0. The Kier molecular flexibility index (Phi) is 154. The van der Waals surface area contributed by atoms with Gasteiger partial charge in [0.25, 0.3) is 0 Å². The summed E-state index contributed by atoms with van der Waals surface area (Å²) in [4.78, 5) is 0. The standard InChI is InChI=1S/3BrH.Sc/h3*1H;. The zero-order chi connectivity index (χ0) is 0. The molecule has 0 N–H and O–H groups in total. The summed E-state index contributed by atoms with van der Waals surface area (Å²) in [5, 5.41) is 0. The zero-order valence-electron chi connectivity index (χ0n) is 1.80. The molecule has 0 aromatic rings. The van der Waals surface area contributed by atoms with Crippen molar-refractivity contribution in [2.75, 3.05) is 0 Å². The van der Waals surface area contributed by atoms with Gasteiger partial charge in [0.2, 0.25) is 0 Å². The molecule has 0 atom stereocenters. The predicted molar refractivity (Wildman–Crippen MR) is 31.0 cm³/mol. The molecule has 0 saturated heterocycles. The molecule has 4 heteroatoms. The van der Waals surface area contributed by atoms with Crippen molar-refractivity contribution in [2.24, 2.45) is 0 Å². The Morgan fingerprint density at radius 1 is 0.500 bits per heavy atom. The van der Waals surface area contributed by atoms with E-state index >= 15 is 0 Å². The van der Waals surface area contributed by atoms with Gasteiger partial charge in [-0.15, -0.1) is 50.9 Å². The number of rotatable bonds is 0. The summed E-state index contributed by atoms with van der Waals surface area (Å²) in [5.74, 6) is 0. The van der Waals surface area contributed by atoms with E-state index in [4.69, 9.17) is 0 Å². The molecule has 0 saturated carbocycles. The Hall–Kier alpha value is 2.31. The van der Waals surface area contributed by atoms with Gasteiger partial charge >= 0.3 is 0 Å². The van der Waals surface area contributed by atoms with Crippen LogP contribution in [-0.4, -0.2) is 0 Å². The van der Waals surface area contributed by atoms with E-state index in [9.17, 15) is 0 Å². The molecule has 0 spiro atoms. The predicted octanol–water partition coefficient (Wildman–Crippen LogP) is 1.73. The van der Waals surface area contributed by atoms with Crippen LogP contribution in [0.15, 0.2) is 0 Å². The Morgan fingerprint density at radius 3 is 0.500 bits per heavy atom. The average molecular weight is 288 g/mol. The van der Waals surface area contributed by atoms with Gasteiger partial charge < -0.3 is 0 Å². The maximum atomic E-state index is 0. The summed E-state index contributed by atoms with van der Waals surface area (Å²) >= 11 is 0. The summed E-state index contributed by atoms with van der Waals surface area (Å²) in [7, 11) is 0. The normalized spacial score (nSPS) is 0.